The molecule has 0 saturated carbocycles. The summed E-state index contributed by atoms with van der Waals surface area (Å²) < 4.78 is 1.87. The lowest BCUT2D eigenvalue weighted by molar-refractivity contribution is 0.318. The largest absolute Gasteiger partial charge is 0.396 e. The topological polar surface area (TPSA) is 50.9 Å². The van der Waals surface area contributed by atoms with Crippen LogP contribution in [0.4, 0.5) is 0 Å². The van der Waals surface area contributed by atoms with Crippen molar-refractivity contribution in [1.29, 1.82) is 0 Å². The van der Waals surface area contributed by atoms with Crippen molar-refractivity contribution >= 4 is 11.8 Å². The molecule has 13 heavy (non-hydrogen) atoms. The standard InChI is InChI=1S/C8H15N3OS/c1-8(2,3)11-7(9-6-10-11)13-5-4-12/h6,12H,4-5H2,1-3H3. The van der Waals surface area contributed by atoms with Crippen LogP contribution in [0, 0.1) is 0 Å². The van der Waals surface area contributed by atoms with E-state index >= 15 is 0 Å². The van der Waals surface area contributed by atoms with Gasteiger partial charge < -0.3 is 5.11 Å². The zero-order valence-electron chi connectivity index (χ0n) is 8.19. The summed E-state index contributed by atoms with van der Waals surface area (Å²) in [5.41, 5.74) is -0.0473. The smallest absolute Gasteiger partial charge is 0.186 e. The molecule has 0 saturated heterocycles. The first-order valence-corrected chi connectivity index (χ1v) is 5.18. The summed E-state index contributed by atoms with van der Waals surface area (Å²) in [4.78, 5) is 4.12. The van der Waals surface area contributed by atoms with E-state index in [1.165, 1.54) is 11.8 Å². The van der Waals surface area contributed by atoms with Crippen molar-refractivity contribution in [3.63, 3.8) is 0 Å². The monoisotopic (exact) mass is 201 g/mol. The third kappa shape index (κ3) is 2.70. The van der Waals surface area contributed by atoms with Crippen molar-refractivity contribution in [3.05, 3.63) is 6.33 Å². The molecule has 1 N–H and O–H groups in total. The minimum absolute atomic E-state index is 0.0473. The van der Waals surface area contributed by atoms with Gasteiger partial charge in [0.15, 0.2) is 5.16 Å². The fourth-order valence-electron chi connectivity index (χ4n) is 0.926. The quantitative estimate of drug-likeness (QED) is 0.744. The molecule has 5 heteroatoms. The molecule has 0 fully saturated rings. The van der Waals surface area contributed by atoms with Crippen molar-refractivity contribution < 1.29 is 5.11 Å². The molecule has 0 amide bonds. The van der Waals surface area contributed by atoms with Crippen LogP contribution in [-0.2, 0) is 5.54 Å². The molecule has 0 spiro atoms. The first-order chi connectivity index (χ1) is 6.05. The fraction of sp³-hybridized carbons (Fsp3) is 0.750. The van der Waals surface area contributed by atoms with Gasteiger partial charge in [0.1, 0.15) is 6.33 Å². The molecule has 0 radical (unpaired) electrons. The summed E-state index contributed by atoms with van der Waals surface area (Å²) >= 11 is 1.52. The zero-order valence-corrected chi connectivity index (χ0v) is 9.01. The highest BCUT2D eigenvalue weighted by molar-refractivity contribution is 7.99. The number of aliphatic hydroxyl groups is 1. The van der Waals surface area contributed by atoms with Gasteiger partial charge in [0.25, 0.3) is 0 Å². The van der Waals surface area contributed by atoms with Crippen LogP contribution in [0.1, 0.15) is 20.8 Å². The van der Waals surface area contributed by atoms with Crippen molar-refractivity contribution in [2.45, 2.75) is 31.5 Å². The first-order valence-electron chi connectivity index (χ1n) is 4.20. The maximum absolute atomic E-state index is 8.68. The van der Waals surface area contributed by atoms with Crippen molar-refractivity contribution in [2.24, 2.45) is 0 Å². The average Bonchev–Trinajstić information content (AvgIpc) is 2.47. The van der Waals surface area contributed by atoms with Gasteiger partial charge >= 0.3 is 0 Å². The van der Waals surface area contributed by atoms with Gasteiger partial charge in [0.2, 0.25) is 0 Å². The van der Waals surface area contributed by atoms with E-state index in [2.05, 4.69) is 30.9 Å². The molecular weight excluding hydrogens is 186 g/mol. The van der Waals surface area contributed by atoms with Gasteiger partial charge in [-0.3, -0.25) is 0 Å². The van der Waals surface area contributed by atoms with Crippen LogP contribution in [-0.4, -0.2) is 32.2 Å². The number of thioether (sulfide) groups is 1. The van der Waals surface area contributed by atoms with Gasteiger partial charge in [-0.25, -0.2) is 9.67 Å². The second kappa shape index (κ2) is 4.11. The fourth-order valence-corrected chi connectivity index (χ4v) is 1.77. The minimum Gasteiger partial charge on any atom is -0.396 e. The Bertz CT molecular complexity index is 267. The van der Waals surface area contributed by atoms with Crippen molar-refractivity contribution in [3.8, 4) is 0 Å². The number of nitrogens with zero attached hydrogens (tertiary/aromatic N) is 3. The Morgan fingerprint density at radius 2 is 2.23 bits per heavy atom. The first kappa shape index (κ1) is 10.5. The maximum Gasteiger partial charge on any atom is 0.186 e. The van der Waals surface area contributed by atoms with Crippen LogP contribution in [0.15, 0.2) is 11.5 Å². The van der Waals surface area contributed by atoms with Gasteiger partial charge in [-0.05, 0) is 20.8 Å². The highest BCUT2D eigenvalue weighted by Crippen LogP contribution is 2.21. The van der Waals surface area contributed by atoms with E-state index in [0.717, 1.165) is 5.16 Å². The molecule has 4 nitrogen and oxygen atoms in total. The van der Waals surface area contributed by atoms with Gasteiger partial charge in [-0.2, -0.15) is 5.10 Å². The normalized spacial score (nSPS) is 12.0. The Morgan fingerprint density at radius 3 is 2.77 bits per heavy atom. The molecule has 0 aliphatic heterocycles. The van der Waals surface area contributed by atoms with Gasteiger partial charge in [-0.1, -0.05) is 11.8 Å². The summed E-state index contributed by atoms with van der Waals surface area (Å²) in [6.45, 7) is 6.39. The lowest BCUT2D eigenvalue weighted by Crippen LogP contribution is -2.24. The number of aliphatic hydroxyl groups excluding tert-OH is 1. The molecule has 0 bridgehead atoms. The van der Waals surface area contributed by atoms with Crippen LogP contribution < -0.4 is 0 Å². The molecule has 1 aromatic rings. The van der Waals surface area contributed by atoms with Crippen LogP contribution in [0.2, 0.25) is 0 Å². The SMILES string of the molecule is CC(C)(C)n1ncnc1SCCO. The van der Waals surface area contributed by atoms with E-state index in [-0.39, 0.29) is 12.1 Å². The maximum atomic E-state index is 8.68. The lowest BCUT2D eigenvalue weighted by Gasteiger charge is -2.20. The molecule has 0 atom stereocenters. The number of hydrogen-bond donors (Lipinski definition) is 1. The van der Waals surface area contributed by atoms with Crippen LogP contribution in [0.3, 0.4) is 0 Å². The molecule has 74 valence electrons. The minimum atomic E-state index is -0.0473. The molecule has 0 aromatic carbocycles. The van der Waals surface area contributed by atoms with Crippen molar-refractivity contribution in [1.82, 2.24) is 14.8 Å². The number of hydrogen-bond acceptors (Lipinski definition) is 4. The van der Waals surface area contributed by atoms with Crippen LogP contribution >= 0.6 is 11.8 Å². The Balaban J connectivity index is 2.77. The highest BCUT2D eigenvalue weighted by atomic mass is 32.2. The van der Waals surface area contributed by atoms with E-state index in [0.29, 0.717) is 5.75 Å². The lowest BCUT2D eigenvalue weighted by atomic mass is 10.1. The second-order valence-corrected chi connectivity index (χ2v) is 4.76. The Labute approximate surface area is 82.4 Å². The van der Waals surface area contributed by atoms with Crippen molar-refractivity contribution in [2.75, 3.05) is 12.4 Å². The predicted molar refractivity (Wildman–Crippen MR) is 52.8 cm³/mol. The van der Waals surface area contributed by atoms with E-state index in [4.69, 9.17) is 5.11 Å². The van der Waals surface area contributed by atoms with Crippen LogP contribution in [0.25, 0.3) is 0 Å². The van der Waals surface area contributed by atoms with Crippen LogP contribution in [0.5, 0.6) is 0 Å². The van der Waals surface area contributed by atoms with E-state index in [9.17, 15) is 0 Å². The molecule has 1 aromatic heterocycles. The summed E-state index contributed by atoms with van der Waals surface area (Å²) in [6, 6.07) is 0. The predicted octanol–water partition coefficient (Wildman–Crippen LogP) is 1.12. The molecular formula is C8H15N3OS. The molecule has 1 rings (SSSR count). The Morgan fingerprint density at radius 1 is 1.54 bits per heavy atom. The summed E-state index contributed by atoms with van der Waals surface area (Å²) in [6.07, 6.45) is 1.55. The summed E-state index contributed by atoms with van der Waals surface area (Å²) in [7, 11) is 0. The van der Waals surface area contributed by atoms with Gasteiger partial charge in [0, 0.05) is 5.75 Å². The van der Waals surface area contributed by atoms with E-state index in [1.54, 1.807) is 6.33 Å². The van der Waals surface area contributed by atoms with Gasteiger partial charge in [-0.15, -0.1) is 0 Å². The van der Waals surface area contributed by atoms with E-state index < -0.39 is 0 Å². The number of aromatic nitrogens is 3. The molecule has 0 aliphatic rings. The molecule has 0 unspecified atom stereocenters. The Hall–Kier alpha value is -0.550. The highest BCUT2D eigenvalue weighted by Gasteiger charge is 2.18. The van der Waals surface area contributed by atoms with Gasteiger partial charge in [0.05, 0.1) is 12.1 Å². The van der Waals surface area contributed by atoms with E-state index in [1.807, 2.05) is 4.68 Å². The third-order valence-corrected chi connectivity index (χ3v) is 2.40. The second-order valence-electron chi connectivity index (χ2n) is 3.70. The average molecular weight is 201 g/mol. The Kier molecular flexibility index (Phi) is 3.33. The summed E-state index contributed by atoms with van der Waals surface area (Å²) in [5, 5.41) is 13.7. The molecule has 0 aliphatic carbocycles. The third-order valence-electron chi connectivity index (χ3n) is 1.47. The summed E-state index contributed by atoms with van der Waals surface area (Å²) in [5.74, 6) is 0.661. The molecule has 1 heterocycles. The number of rotatable bonds is 3. The zero-order chi connectivity index (χ0) is 9.90.